The minimum Gasteiger partial charge on any atom is -0.381 e. The molecule has 0 aromatic rings. The molecule has 3 heteroatoms. The van der Waals surface area contributed by atoms with Crippen molar-refractivity contribution in [2.45, 2.75) is 57.6 Å². The van der Waals surface area contributed by atoms with Gasteiger partial charge in [-0.3, -0.25) is 4.90 Å². The Balaban J connectivity index is 1.85. The molecule has 106 valence electrons. The van der Waals surface area contributed by atoms with E-state index in [0.717, 1.165) is 18.4 Å². The van der Waals surface area contributed by atoms with Crippen LogP contribution in [0.1, 0.15) is 45.4 Å². The summed E-state index contributed by atoms with van der Waals surface area (Å²) in [6.45, 7) is 5.56. The van der Waals surface area contributed by atoms with Crippen LogP contribution >= 0.6 is 0 Å². The van der Waals surface area contributed by atoms with E-state index in [1.807, 2.05) is 7.11 Å². The minimum absolute atomic E-state index is 0.478. The zero-order valence-electron chi connectivity index (χ0n) is 12.1. The Labute approximate surface area is 112 Å². The van der Waals surface area contributed by atoms with E-state index >= 15 is 0 Å². The first-order valence-electron chi connectivity index (χ1n) is 7.71. The molecule has 0 amide bonds. The normalized spacial score (nSPS) is 33.5. The molecule has 0 bridgehead atoms. The van der Waals surface area contributed by atoms with Crippen molar-refractivity contribution in [3.8, 4) is 0 Å². The molecule has 1 saturated heterocycles. The molecule has 0 radical (unpaired) electrons. The number of piperidine rings is 1. The van der Waals surface area contributed by atoms with Crippen LogP contribution in [-0.4, -0.2) is 43.8 Å². The van der Waals surface area contributed by atoms with Crippen LogP contribution in [0.3, 0.4) is 0 Å². The highest BCUT2D eigenvalue weighted by atomic mass is 16.5. The molecular formula is C15H30N2O. The fourth-order valence-electron chi connectivity index (χ4n) is 3.75. The van der Waals surface area contributed by atoms with Crippen molar-refractivity contribution in [3.63, 3.8) is 0 Å². The Morgan fingerprint density at radius 3 is 2.22 bits per heavy atom. The van der Waals surface area contributed by atoms with Gasteiger partial charge in [-0.15, -0.1) is 0 Å². The number of rotatable bonds is 4. The molecule has 0 aromatic carbocycles. The molecule has 1 saturated carbocycles. The van der Waals surface area contributed by atoms with Crippen LogP contribution < -0.4 is 5.73 Å². The maximum absolute atomic E-state index is 6.06. The van der Waals surface area contributed by atoms with E-state index in [9.17, 15) is 0 Å². The Hall–Kier alpha value is -0.120. The van der Waals surface area contributed by atoms with E-state index in [4.69, 9.17) is 10.5 Å². The van der Waals surface area contributed by atoms with Crippen LogP contribution in [0.25, 0.3) is 0 Å². The fraction of sp³-hybridized carbons (Fsp3) is 1.00. The Kier molecular flexibility index (Phi) is 5.46. The molecule has 2 aliphatic rings. The first-order valence-corrected chi connectivity index (χ1v) is 7.71. The zero-order chi connectivity index (χ0) is 13.0. The van der Waals surface area contributed by atoms with Crippen LogP contribution in [0.2, 0.25) is 0 Å². The van der Waals surface area contributed by atoms with Gasteiger partial charge >= 0.3 is 0 Å². The highest BCUT2D eigenvalue weighted by Crippen LogP contribution is 2.33. The largest absolute Gasteiger partial charge is 0.381 e. The average molecular weight is 254 g/mol. The van der Waals surface area contributed by atoms with Crippen molar-refractivity contribution in [3.05, 3.63) is 0 Å². The number of hydrogen-bond donors (Lipinski definition) is 1. The number of nitrogens with two attached hydrogens (primary N) is 1. The van der Waals surface area contributed by atoms with Gasteiger partial charge in [-0.05, 0) is 37.5 Å². The van der Waals surface area contributed by atoms with Crippen molar-refractivity contribution in [2.24, 2.45) is 17.6 Å². The summed E-state index contributed by atoms with van der Waals surface area (Å²) < 4.78 is 5.45. The second-order valence-corrected chi connectivity index (χ2v) is 6.29. The Morgan fingerprint density at radius 1 is 1.11 bits per heavy atom. The summed E-state index contributed by atoms with van der Waals surface area (Å²) >= 11 is 0. The molecular weight excluding hydrogens is 224 g/mol. The van der Waals surface area contributed by atoms with E-state index in [1.54, 1.807) is 0 Å². The van der Waals surface area contributed by atoms with E-state index in [1.165, 1.54) is 51.6 Å². The minimum atomic E-state index is 0.478. The van der Waals surface area contributed by atoms with Crippen LogP contribution in [0.5, 0.6) is 0 Å². The molecule has 2 fully saturated rings. The van der Waals surface area contributed by atoms with E-state index < -0.39 is 0 Å². The molecule has 1 unspecified atom stereocenters. The molecule has 0 aromatic heterocycles. The number of nitrogens with zero attached hydrogens (tertiary/aromatic N) is 1. The highest BCUT2D eigenvalue weighted by Gasteiger charge is 2.31. The number of likely N-dealkylation sites (tertiary alicyclic amines) is 1. The number of hydrogen-bond acceptors (Lipinski definition) is 3. The van der Waals surface area contributed by atoms with E-state index in [2.05, 4.69) is 11.8 Å². The molecule has 1 heterocycles. The van der Waals surface area contributed by atoms with Crippen LogP contribution in [0, 0.1) is 11.8 Å². The Bertz CT molecular complexity index is 231. The molecule has 18 heavy (non-hydrogen) atoms. The monoisotopic (exact) mass is 254 g/mol. The summed E-state index contributed by atoms with van der Waals surface area (Å²) in [5, 5.41) is 0. The lowest BCUT2D eigenvalue weighted by atomic mass is 9.78. The van der Waals surface area contributed by atoms with Crippen molar-refractivity contribution < 1.29 is 4.74 Å². The van der Waals surface area contributed by atoms with Gasteiger partial charge < -0.3 is 10.5 Å². The molecule has 1 atom stereocenters. The molecule has 1 aliphatic carbocycles. The predicted molar refractivity (Wildman–Crippen MR) is 75.6 cm³/mol. The van der Waals surface area contributed by atoms with E-state index in [0.29, 0.717) is 12.1 Å². The van der Waals surface area contributed by atoms with Gasteiger partial charge in [-0.25, -0.2) is 0 Å². The van der Waals surface area contributed by atoms with Crippen molar-refractivity contribution >= 4 is 0 Å². The van der Waals surface area contributed by atoms with Crippen LogP contribution in [-0.2, 0) is 4.74 Å². The smallest absolute Gasteiger partial charge is 0.0595 e. The predicted octanol–water partition coefficient (Wildman–Crippen LogP) is 2.25. The fourth-order valence-corrected chi connectivity index (χ4v) is 3.75. The Morgan fingerprint density at radius 2 is 1.72 bits per heavy atom. The van der Waals surface area contributed by atoms with Gasteiger partial charge in [0, 0.05) is 32.8 Å². The quantitative estimate of drug-likeness (QED) is 0.836. The summed E-state index contributed by atoms with van der Waals surface area (Å²) in [7, 11) is 1.84. The molecule has 2 N–H and O–H groups in total. The van der Waals surface area contributed by atoms with Gasteiger partial charge in [-0.2, -0.15) is 0 Å². The van der Waals surface area contributed by atoms with E-state index in [-0.39, 0.29) is 0 Å². The van der Waals surface area contributed by atoms with Crippen molar-refractivity contribution in [2.75, 3.05) is 26.7 Å². The second-order valence-electron chi connectivity index (χ2n) is 6.29. The first kappa shape index (κ1) is 14.3. The van der Waals surface area contributed by atoms with Gasteiger partial charge in [0.25, 0.3) is 0 Å². The standard InChI is InChI=1S/C15H30N2O/c1-12-3-5-13(6-4-12)15(11-16)17-9-7-14(18-2)8-10-17/h12-15H,3-11,16H2,1-2H3. The lowest BCUT2D eigenvalue weighted by molar-refractivity contribution is 0.0126. The molecule has 2 rings (SSSR count). The summed E-state index contributed by atoms with van der Waals surface area (Å²) in [5.41, 5.74) is 6.06. The SMILES string of the molecule is COC1CCN(C(CN)C2CCC(C)CC2)CC1. The third-order valence-corrected chi connectivity index (χ3v) is 5.13. The summed E-state index contributed by atoms with van der Waals surface area (Å²) in [6.07, 6.45) is 8.39. The van der Waals surface area contributed by atoms with Gasteiger partial charge in [0.2, 0.25) is 0 Å². The molecule has 0 spiro atoms. The lowest BCUT2D eigenvalue weighted by Gasteiger charge is -2.42. The molecule has 3 nitrogen and oxygen atoms in total. The summed E-state index contributed by atoms with van der Waals surface area (Å²) in [6, 6.07) is 0.621. The van der Waals surface area contributed by atoms with Crippen LogP contribution in [0.4, 0.5) is 0 Å². The third kappa shape index (κ3) is 3.46. The van der Waals surface area contributed by atoms with Crippen LogP contribution in [0.15, 0.2) is 0 Å². The highest BCUT2D eigenvalue weighted by molar-refractivity contribution is 4.86. The van der Waals surface area contributed by atoms with Crippen molar-refractivity contribution in [1.29, 1.82) is 0 Å². The van der Waals surface area contributed by atoms with Gasteiger partial charge in [0.1, 0.15) is 0 Å². The number of methoxy groups -OCH3 is 1. The average Bonchev–Trinajstić information content (AvgIpc) is 2.42. The summed E-state index contributed by atoms with van der Waals surface area (Å²) in [5.74, 6) is 1.77. The van der Waals surface area contributed by atoms with Crippen molar-refractivity contribution in [1.82, 2.24) is 4.90 Å². The maximum atomic E-state index is 6.06. The zero-order valence-corrected chi connectivity index (χ0v) is 12.1. The van der Waals surface area contributed by atoms with Gasteiger partial charge in [0.15, 0.2) is 0 Å². The topological polar surface area (TPSA) is 38.5 Å². The second kappa shape index (κ2) is 6.88. The lowest BCUT2D eigenvalue weighted by Crippen LogP contribution is -2.50. The third-order valence-electron chi connectivity index (χ3n) is 5.13. The van der Waals surface area contributed by atoms with Gasteiger partial charge in [0.05, 0.1) is 6.10 Å². The number of ether oxygens (including phenoxy) is 1. The van der Waals surface area contributed by atoms with Gasteiger partial charge in [-0.1, -0.05) is 19.8 Å². The first-order chi connectivity index (χ1) is 8.74. The molecule has 1 aliphatic heterocycles. The summed E-state index contributed by atoms with van der Waals surface area (Å²) in [4.78, 5) is 2.64. The maximum Gasteiger partial charge on any atom is 0.0595 e.